The molecule has 0 spiro atoms. The number of unbranched alkanes of at least 4 members (excludes halogenated alkanes) is 5. The van der Waals surface area contributed by atoms with E-state index in [0.717, 1.165) is 48.6 Å². The van der Waals surface area contributed by atoms with Crippen molar-refractivity contribution in [3.63, 3.8) is 0 Å². The molecule has 0 saturated carbocycles. The Morgan fingerprint density at radius 1 is 0.475 bits per heavy atom. The molecule has 348 valence electrons. The second-order valence-electron chi connectivity index (χ2n) is 13.8. The fourth-order valence-corrected chi connectivity index (χ4v) is 5.60. The first-order valence-electron chi connectivity index (χ1n) is 21.7. The van der Waals surface area contributed by atoms with E-state index in [4.69, 9.17) is 62.3 Å². The van der Waals surface area contributed by atoms with Crippen LogP contribution in [0, 0.1) is 0 Å². The molecule has 0 aliphatic carbocycles. The van der Waals surface area contributed by atoms with E-state index in [9.17, 15) is 0 Å². The number of hydrogen-bond donors (Lipinski definition) is 2. The molecule has 0 aliphatic rings. The maximum Gasteiger partial charge on any atom is 0.183 e. The summed E-state index contributed by atoms with van der Waals surface area (Å²) in [6.45, 7) is 9.92. The minimum atomic E-state index is -0.613. The highest BCUT2D eigenvalue weighted by Crippen LogP contribution is 2.23. The smallest absolute Gasteiger partial charge is 0.183 e. The van der Waals surface area contributed by atoms with Crippen LogP contribution >= 0.6 is 0 Å². The first-order chi connectivity index (χ1) is 30.2. The van der Waals surface area contributed by atoms with E-state index in [1.54, 1.807) is 16.5 Å². The van der Waals surface area contributed by atoms with Crippen molar-refractivity contribution in [2.45, 2.75) is 70.7 Å². The minimum Gasteiger partial charge on any atom is -0.494 e. The lowest BCUT2D eigenvalue weighted by Crippen LogP contribution is -2.13. The number of aliphatic hydroxyl groups excluding tert-OH is 2. The molecule has 0 amide bonds. The SMILES string of the molecule is COCCOCCCCCCCCOc1ccc(C(OCCc2cn(CCOCCOCCOCCO)nn2)OCCc2cn(CCOCCOCCOCCO)nn2)cc1. The lowest BCUT2D eigenvalue weighted by Gasteiger charge is -2.19. The zero-order valence-electron chi connectivity index (χ0n) is 36.3. The molecule has 0 radical (unpaired) electrons. The van der Waals surface area contributed by atoms with Gasteiger partial charge in [-0.25, -0.2) is 9.36 Å². The number of methoxy groups -OCH3 is 1. The summed E-state index contributed by atoms with van der Waals surface area (Å²) in [4.78, 5) is 0. The van der Waals surface area contributed by atoms with E-state index < -0.39 is 6.29 Å². The van der Waals surface area contributed by atoms with Crippen molar-refractivity contribution in [2.75, 3.05) is 139 Å². The summed E-state index contributed by atoms with van der Waals surface area (Å²) >= 11 is 0. The lowest BCUT2D eigenvalue weighted by atomic mass is 10.1. The first kappa shape index (κ1) is 52.2. The van der Waals surface area contributed by atoms with Crippen LogP contribution in [0.5, 0.6) is 5.75 Å². The molecular weight excluding hydrogens is 796 g/mol. The van der Waals surface area contributed by atoms with E-state index in [-0.39, 0.29) is 13.2 Å². The van der Waals surface area contributed by atoms with Gasteiger partial charge in [-0.3, -0.25) is 0 Å². The fourth-order valence-electron chi connectivity index (χ4n) is 5.60. The summed E-state index contributed by atoms with van der Waals surface area (Å²) in [5.41, 5.74) is 2.48. The van der Waals surface area contributed by atoms with E-state index in [1.807, 2.05) is 36.7 Å². The maximum absolute atomic E-state index is 8.72. The zero-order valence-corrected chi connectivity index (χ0v) is 36.3. The Hall–Kier alpha value is -3.18. The monoisotopic (exact) mass is 869 g/mol. The molecule has 0 fully saturated rings. The van der Waals surface area contributed by atoms with Crippen molar-refractivity contribution in [1.29, 1.82) is 0 Å². The molecule has 2 heterocycles. The predicted octanol–water partition coefficient (Wildman–Crippen LogP) is 2.85. The molecule has 2 N–H and O–H groups in total. The highest BCUT2D eigenvalue weighted by Gasteiger charge is 2.15. The van der Waals surface area contributed by atoms with Crippen LogP contribution in [0.2, 0.25) is 0 Å². The Morgan fingerprint density at radius 3 is 1.39 bits per heavy atom. The van der Waals surface area contributed by atoms with Crippen LogP contribution in [0.25, 0.3) is 0 Å². The normalized spacial score (nSPS) is 11.7. The predicted molar refractivity (Wildman–Crippen MR) is 224 cm³/mol. The molecule has 3 rings (SSSR count). The molecule has 1 aromatic carbocycles. The Kier molecular flexibility index (Phi) is 32.0. The minimum absolute atomic E-state index is 0.00558. The van der Waals surface area contributed by atoms with Crippen molar-refractivity contribution >= 4 is 0 Å². The van der Waals surface area contributed by atoms with Gasteiger partial charge >= 0.3 is 0 Å². The van der Waals surface area contributed by atoms with Gasteiger partial charge in [0.05, 0.1) is 150 Å². The van der Waals surface area contributed by atoms with E-state index in [0.29, 0.717) is 138 Å². The summed E-state index contributed by atoms with van der Waals surface area (Å²) in [6, 6.07) is 7.88. The molecule has 0 bridgehead atoms. The van der Waals surface area contributed by atoms with Crippen molar-refractivity contribution in [2.24, 2.45) is 0 Å². The number of ether oxygens (including phenoxy) is 11. The average Bonchev–Trinajstić information content (AvgIpc) is 3.94. The summed E-state index contributed by atoms with van der Waals surface area (Å²) in [5.74, 6) is 0.810. The second kappa shape index (κ2) is 37.4. The maximum atomic E-state index is 8.72. The van der Waals surface area contributed by atoms with Crippen LogP contribution < -0.4 is 4.74 Å². The van der Waals surface area contributed by atoms with Crippen LogP contribution in [0.15, 0.2) is 36.7 Å². The Labute approximate surface area is 361 Å². The van der Waals surface area contributed by atoms with Crippen molar-refractivity contribution in [3.05, 3.63) is 53.6 Å². The van der Waals surface area contributed by atoms with Crippen LogP contribution in [0.4, 0.5) is 0 Å². The molecule has 0 unspecified atom stereocenters. The summed E-state index contributed by atoms with van der Waals surface area (Å²) in [5, 5.41) is 34.5. The molecule has 0 atom stereocenters. The second-order valence-corrected chi connectivity index (χ2v) is 13.8. The topological polar surface area (TPSA) is 203 Å². The van der Waals surface area contributed by atoms with Crippen LogP contribution in [0.1, 0.15) is 61.8 Å². The molecule has 0 aliphatic heterocycles. The van der Waals surface area contributed by atoms with Gasteiger partial charge in [0, 0.05) is 44.5 Å². The Bertz CT molecular complexity index is 1340. The van der Waals surface area contributed by atoms with E-state index >= 15 is 0 Å². The lowest BCUT2D eigenvalue weighted by molar-refractivity contribution is -0.145. The quantitative estimate of drug-likeness (QED) is 0.0620. The molecular formula is C42H72N6O13. The number of rotatable bonds is 44. The molecule has 0 saturated heterocycles. The number of nitrogens with zero attached hydrogens (tertiary/aromatic N) is 6. The van der Waals surface area contributed by atoms with Crippen LogP contribution in [0.3, 0.4) is 0 Å². The zero-order chi connectivity index (χ0) is 43.1. The molecule has 19 heteroatoms. The largest absolute Gasteiger partial charge is 0.494 e. The number of benzene rings is 1. The van der Waals surface area contributed by atoms with Gasteiger partial charge < -0.3 is 62.3 Å². The third-order valence-electron chi connectivity index (χ3n) is 8.85. The third kappa shape index (κ3) is 27.5. The van der Waals surface area contributed by atoms with Gasteiger partial charge in [0.25, 0.3) is 0 Å². The fraction of sp³-hybridized carbons (Fsp3) is 0.762. The van der Waals surface area contributed by atoms with Crippen LogP contribution in [-0.2, 0) is 73.3 Å². The number of hydrogen-bond acceptors (Lipinski definition) is 17. The average molecular weight is 869 g/mol. The Balaban J connectivity index is 1.38. The van der Waals surface area contributed by atoms with E-state index in [2.05, 4.69) is 20.6 Å². The van der Waals surface area contributed by atoms with Crippen molar-refractivity contribution in [1.82, 2.24) is 30.0 Å². The summed E-state index contributed by atoms with van der Waals surface area (Å²) < 4.78 is 65.1. The highest BCUT2D eigenvalue weighted by atomic mass is 16.7. The highest BCUT2D eigenvalue weighted by molar-refractivity contribution is 5.28. The van der Waals surface area contributed by atoms with Gasteiger partial charge in [-0.05, 0) is 25.0 Å². The van der Waals surface area contributed by atoms with Gasteiger partial charge in [0.1, 0.15) is 5.75 Å². The van der Waals surface area contributed by atoms with Gasteiger partial charge in [0.2, 0.25) is 0 Å². The number of aliphatic hydroxyl groups is 2. The van der Waals surface area contributed by atoms with Gasteiger partial charge in [0.15, 0.2) is 6.29 Å². The molecule has 2 aromatic heterocycles. The molecule has 19 nitrogen and oxygen atoms in total. The van der Waals surface area contributed by atoms with Gasteiger partial charge in [-0.15, -0.1) is 10.2 Å². The van der Waals surface area contributed by atoms with Gasteiger partial charge in [-0.1, -0.05) is 48.2 Å². The van der Waals surface area contributed by atoms with E-state index in [1.165, 1.54) is 19.3 Å². The first-order valence-corrected chi connectivity index (χ1v) is 21.7. The summed E-state index contributed by atoms with van der Waals surface area (Å²) in [6.07, 6.45) is 11.1. The third-order valence-corrected chi connectivity index (χ3v) is 8.85. The summed E-state index contributed by atoms with van der Waals surface area (Å²) in [7, 11) is 1.69. The van der Waals surface area contributed by atoms with Crippen LogP contribution in [-0.4, -0.2) is 179 Å². The molecule has 3 aromatic rings. The number of aromatic nitrogens is 6. The van der Waals surface area contributed by atoms with Gasteiger partial charge in [-0.2, -0.15) is 0 Å². The standard InChI is InChI=1S/C42H72N6O13/c1-51-26-27-52-18-6-4-2-3-5-7-19-59-41-10-8-38(9-11-41)42(60-20-12-39-36-47(45-43-39)14-22-53-28-32-57-34-30-55-24-16-49)61-21-13-40-37-48(46-44-40)15-23-54-29-33-58-35-31-56-25-17-50/h8-11,36-37,42,49-50H,2-7,12-35H2,1H3. The van der Waals surface area contributed by atoms with Crippen molar-refractivity contribution < 1.29 is 62.3 Å². The van der Waals surface area contributed by atoms with Crippen molar-refractivity contribution in [3.8, 4) is 5.75 Å². The molecule has 61 heavy (non-hydrogen) atoms. The Morgan fingerprint density at radius 2 is 0.902 bits per heavy atom.